The topological polar surface area (TPSA) is 30.9 Å². The summed E-state index contributed by atoms with van der Waals surface area (Å²) in [6.07, 6.45) is 5.12. The molecule has 0 aliphatic heterocycles. The SMILES string of the molecule is Cc1cccc2c1cc(C1(CN)CCCC1)n2C. The maximum Gasteiger partial charge on any atom is 0.0482 e. The zero-order valence-electron chi connectivity index (χ0n) is 11.4. The second-order valence-electron chi connectivity index (χ2n) is 5.79. The fourth-order valence-corrected chi connectivity index (χ4v) is 3.63. The standard InChI is InChI=1S/C16H22N2/c1-12-6-5-7-14-13(12)10-15(18(14)2)16(11-17)8-3-4-9-16/h5-7,10H,3-4,8-9,11,17H2,1-2H3. The maximum atomic E-state index is 6.12. The quantitative estimate of drug-likeness (QED) is 0.861. The zero-order chi connectivity index (χ0) is 12.8. The van der Waals surface area contributed by atoms with Crippen LogP contribution in [0.1, 0.15) is 36.9 Å². The Kier molecular flexibility index (Phi) is 2.70. The van der Waals surface area contributed by atoms with Crippen LogP contribution in [-0.2, 0) is 12.5 Å². The number of hydrogen-bond acceptors (Lipinski definition) is 1. The number of aromatic nitrogens is 1. The van der Waals surface area contributed by atoms with E-state index in [9.17, 15) is 0 Å². The van der Waals surface area contributed by atoms with Gasteiger partial charge in [0, 0.05) is 35.6 Å². The number of fused-ring (bicyclic) bond motifs is 1. The Morgan fingerprint density at radius 1 is 1.28 bits per heavy atom. The highest BCUT2D eigenvalue weighted by atomic mass is 15.0. The number of nitrogens with two attached hydrogens (primary N) is 1. The van der Waals surface area contributed by atoms with E-state index >= 15 is 0 Å². The summed E-state index contributed by atoms with van der Waals surface area (Å²) in [7, 11) is 2.19. The van der Waals surface area contributed by atoms with Crippen LogP contribution in [0.25, 0.3) is 10.9 Å². The molecule has 18 heavy (non-hydrogen) atoms. The molecule has 2 heteroatoms. The molecule has 1 saturated carbocycles. The van der Waals surface area contributed by atoms with Crippen molar-refractivity contribution in [2.24, 2.45) is 12.8 Å². The van der Waals surface area contributed by atoms with Gasteiger partial charge in [-0.05, 0) is 37.5 Å². The number of hydrogen-bond donors (Lipinski definition) is 1. The minimum atomic E-state index is 0.222. The highest BCUT2D eigenvalue weighted by Gasteiger charge is 2.36. The molecule has 1 aromatic carbocycles. The van der Waals surface area contributed by atoms with Gasteiger partial charge in [0.15, 0.2) is 0 Å². The van der Waals surface area contributed by atoms with Crippen molar-refractivity contribution in [2.75, 3.05) is 6.54 Å². The molecular weight excluding hydrogens is 220 g/mol. The van der Waals surface area contributed by atoms with Gasteiger partial charge in [0.25, 0.3) is 0 Å². The molecule has 1 aliphatic rings. The van der Waals surface area contributed by atoms with E-state index in [0.717, 1.165) is 6.54 Å². The minimum Gasteiger partial charge on any atom is -0.347 e. The lowest BCUT2D eigenvalue weighted by Crippen LogP contribution is -2.33. The molecule has 0 spiro atoms. The normalized spacial score (nSPS) is 18.6. The number of nitrogens with zero attached hydrogens (tertiary/aromatic N) is 1. The van der Waals surface area contributed by atoms with Crippen molar-refractivity contribution in [2.45, 2.75) is 38.0 Å². The van der Waals surface area contributed by atoms with Crippen LogP contribution in [-0.4, -0.2) is 11.1 Å². The Hall–Kier alpha value is -1.28. The van der Waals surface area contributed by atoms with Gasteiger partial charge < -0.3 is 10.3 Å². The molecule has 1 heterocycles. The van der Waals surface area contributed by atoms with Gasteiger partial charge in [-0.3, -0.25) is 0 Å². The van der Waals surface area contributed by atoms with E-state index in [4.69, 9.17) is 5.73 Å². The molecule has 0 bridgehead atoms. The number of rotatable bonds is 2. The lowest BCUT2D eigenvalue weighted by Gasteiger charge is -2.28. The van der Waals surface area contributed by atoms with Gasteiger partial charge in [0.2, 0.25) is 0 Å². The van der Waals surface area contributed by atoms with Gasteiger partial charge in [-0.2, -0.15) is 0 Å². The maximum absolute atomic E-state index is 6.12. The smallest absolute Gasteiger partial charge is 0.0482 e. The summed E-state index contributed by atoms with van der Waals surface area (Å²) in [5.41, 5.74) is 10.5. The van der Waals surface area contributed by atoms with E-state index in [-0.39, 0.29) is 5.41 Å². The van der Waals surface area contributed by atoms with Gasteiger partial charge >= 0.3 is 0 Å². The average Bonchev–Trinajstić information content (AvgIpc) is 2.97. The van der Waals surface area contributed by atoms with Gasteiger partial charge in [0.05, 0.1) is 0 Å². The van der Waals surface area contributed by atoms with Gasteiger partial charge in [-0.25, -0.2) is 0 Å². The van der Waals surface area contributed by atoms with Crippen molar-refractivity contribution in [3.8, 4) is 0 Å². The Balaban J connectivity index is 2.23. The molecule has 0 atom stereocenters. The van der Waals surface area contributed by atoms with Crippen LogP contribution < -0.4 is 5.73 Å². The summed E-state index contributed by atoms with van der Waals surface area (Å²) in [4.78, 5) is 0. The molecular formula is C16H22N2. The Labute approximate surface area is 109 Å². The van der Waals surface area contributed by atoms with Gasteiger partial charge in [-0.1, -0.05) is 25.0 Å². The fourth-order valence-electron chi connectivity index (χ4n) is 3.63. The molecule has 3 rings (SSSR count). The summed E-state index contributed by atoms with van der Waals surface area (Å²) < 4.78 is 2.36. The van der Waals surface area contributed by atoms with E-state index in [1.807, 2.05) is 0 Å². The van der Waals surface area contributed by atoms with Crippen molar-refractivity contribution in [1.82, 2.24) is 4.57 Å². The summed E-state index contributed by atoms with van der Waals surface area (Å²) >= 11 is 0. The van der Waals surface area contributed by atoms with Crippen LogP contribution >= 0.6 is 0 Å². The summed E-state index contributed by atoms with van der Waals surface area (Å²) in [5, 5.41) is 1.38. The molecule has 1 aromatic heterocycles. The van der Waals surface area contributed by atoms with E-state index in [0.29, 0.717) is 0 Å². The Morgan fingerprint density at radius 2 is 2.00 bits per heavy atom. The first-order valence-corrected chi connectivity index (χ1v) is 6.93. The molecule has 0 radical (unpaired) electrons. The van der Waals surface area contributed by atoms with Crippen LogP contribution in [0.3, 0.4) is 0 Å². The third-order valence-electron chi connectivity index (χ3n) is 4.80. The number of benzene rings is 1. The first-order valence-electron chi connectivity index (χ1n) is 6.93. The average molecular weight is 242 g/mol. The fraction of sp³-hybridized carbons (Fsp3) is 0.500. The molecule has 1 fully saturated rings. The third-order valence-corrected chi connectivity index (χ3v) is 4.80. The van der Waals surface area contributed by atoms with Crippen molar-refractivity contribution in [3.05, 3.63) is 35.5 Å². The van der Waals surface area contributed by atoms with E-state index in [2.05, 4.69) is 42.8 Å². The molecule has 96 valence electrons. The van der Waals surface area contributed by atoms with Gasteiger partial charge in [-0.15, -0.1) is 0 Å². The van der Waals surface area contributed by atoms with Crippen LogP contribution in [0.4, 0.5) is 0 Å². The summed E-state index contributed by atoms with van der Waals surface area (Å²) in [6.45, 7) is 2.96. The molecule has 2 N–H and O–H groups in total. The zero-order valence-corrected chi connectivity index (χ0v) is 11.4. The van der Waals surface area contributed by atoms with Crippen molar-refractivity contribution in [1.29, 1.82) is 0 Å². The molecule has 0 saturated heterocycles. The van der Waals surface area contributed by atoms with Crippen LogP contribution in [0.2, 0.25) is 0 Å². The first-order chi connectivity index (χ1) is 8.68. The predicted octanol–water partition coefficient (Wildman–Crippen LogP) is 3.26. The highest BCUT2D eigenvalue weighted by Crippen LogP contribution is 2.42. The molecule has 2 aromatic rings. The van der Waals surface area contributed by atoms with E-state index in [1.165, 1.54) is 47.8 Å². The van der Waals surface area contributed by atoms with Crippen molar-refractivity contribution >= 4 is 10.9 Å². The highest BCUT2D eigenvalue weighted by molar-refractivity contribution is 5.85. The van der Waals surface area contributed by atoms with E-state index in [1.54, 1.807) is 0 Å². The second kappa shape index (κ2) is 4.13. The van der Waals surface area contributed by atoms with Gasteiger partial charge in [0.1, 0.15) is 0 Å². The Bertz CT molecular complexity index is 574. The lowest BCUT2D eigenvalue weighted by molar-refractivity contribution is 0.428. The van der Waals surface area contributed by atoms with Crippen molar-refractivity contribution < 1.29 is 0 Å². The third kappa shape index (κ3) is 1.52. The van der Waals surface area contributed by atoms with Crippen LogP contribution in [0, 0.1) is 6.92 Å². The molecule has 0 unspecified atom stereocenters. The minimum absolute atomic E-state index is 0.222. The summed E-state index contributed by atoms with van der Waals surface area (Å²) in [5.74, 6) is 0. The Morgan fingerprint density at radius 3 is 2.61 bits per heavy atom. The summed E-state index contributed by atoms with van der Waals surface area (Å²) in [6, 6.07) is 8.93. The molecule has 1 aliphatic carbocycles. The first kappa shape index (κ1) is 11.8. The van der Waals surface area contributed by atoms with Crippen molar-refractivity contribution in [3.63, 3.8) is 0 Å². The van der Waals surface area contributed by atoms with Crippen LogP contribution in [0.5, 0.6) is 0 Å². The second-order valence-corrected chi connectivity index (χ2v) is 5.79. The number of aryl methyl sites for hydroxylation is 2. The van der Waals surface area contributed by atoms with Crippen LogP contribution in [0.15, 0.2) is 24.3 Å². The largest absolute Gasteiger partial charge is 0.347 e. The van der Waals surface area contributed by atoms with E-state index < -0.39 is 0 Å². The monoisotopic (exact) mass is 242 g/mol. The molecule has 2 nitrogen and oxygen atoms in total. The lowest BCUT2D eigenvalue weighted by atomic mass is 9.82. The predicted molar refractivity (Wildman–Crippen MR) is 76.9 cm³/mol. The molecule has 0 amide bonds.